The lowest BCUT2D eigenvalue weighted by molar-refractivity contribution is 1.23. The Kier molecular flexibility index (Phi) is 2.82. The average Bonchev–Trinajstić information content (AvgIpc) is 2.25. The molecule has 0 spiro atoms. The molecular weight excluding hydrogens is 196 g/mol. The van der Waals surface area contributed by atoms with E-state index in [-0.39, 0.29) is 0 Å². The van der Waals surface area contributed by atoms with Crippen LogP contribution in [0.2, 0.25) is 0 Å². The van der Waals surface area contributed by atoms with Gasteiger partial charge in [-0.2, -0.15) is 0 Å². The molecule has 0 heterocycles. The number of anilines is 2. The third-order valence-electron chi connectivity index (χ3n) is 2.67. The molecule has 0 aliphatic heterocycles. The van der Waals surface area contributed by atoms with E-state index >= 15 is 0 Å². The second-order valence-corrected chi connectivity index (χ2v) is 4.09. The van der Waals surface area contributed by atoms with Gasteiger partial charge in [0.2, 0.25) is 0 Å². The number of rotatable bonds is 1. The Bertz CT molecular complexity index is 493. The van der Waals surface area contributed by atoms with Crippen molar-refractivity contribution >= 4 is 17.5 Å². The van der Waals surface area contributed by atoms with Gasteiger partial charge in [-0.1, -0.05) is 29.9 Å². The fraction of sp³-hybridized carbons (Fsp3) is 0.143. The highest BCUT2D eigenvalue weighted by Gasteiger charge is 2.00. The number of allylic oxidation sites excluding steroid dienone is 5. The summed E-state index contributed by atoms with van der Waals surface area (Å²) in [6.07, 6.45) is 9.52. The SMILES string of the molecule is CC1=CC/C(=C\c2ccc(N)cc2N)C=C1. The highest BCUT2D eigenvalue weighted by molar-refractivity contribution is 5.71. The van der Waals surface area contributed by atoms with Crippen molar-refractivity contribution in [1.29, 1.82) is 0 Å². The Hall–Kier alpha value is -1.96. The number of hydrogen-bond acceptors (Lipinski definition) is 2. The van der Waals surface area contributed by atoms with Gasteiger partial charge in [-0.15, -0.1) is 0 Å². The van der Waals surface area contributed by atoms with Crippen LogP contribution in [0.3, 0.4) is 0 Å². The summed E-state index contributed by atoms with van der Waals surface area (Å²) < 4.78 is 0. The highest BCUT2D eigenvalue weighted by atomic mass is 14.6. The second-order valence-electron chi connectivity index (χ2n) is 4.09. The van der Waals surface area contributed by atoms with Gasteiger partial charge in [0.1, 0.15) is 0 Å². The van der Waals surface area contributed by atoms with Gasteiger partial charge in [0.25, 0.3) is 0 Å². The molecule has 4 N–H and O–H groups in total. The van der Waals surface area contributed by atoms with Crippen LogP contribution in [0.5, 0.6) is 0 Å². The first-order valence-electron chi connectivity index (χ1n) is 5.35. The van der Waals surface area contributed by atoms with Crippen LogP contribution in [-0.4, -0.2) is 0 Å². The Morgan fingerprint density at radius 3 is 2.62 bits per heavy atom. The van der Waals surface area contributed by atoms with E-state index in [0.29, 0.717) is 5.69 Å². The third kappa shape index (κ3) is 2.34. The topological polar surface area (TPSA) is 52.0 Å². The van der Waals surface area contributed by atoms with Crippen LogP contribution >= 0.6 is 0 Å². The van der Waals surface area contributed by atoms with Crippen LogP contribution in [-0.2, 0) is 0 Å². The molecule has 1 aromatic rings. The molecule has 0 radical (unpaired) electrons. The minimum absolute atomic E-state index is 0.703. The fourth-order valence-corrected chi connectivity index (χ4v) is 1.68. The van der Waals surface area contributed by atoms with Gasteiger partial charge in [-0.05, 0) is 42.7 Å². The summed E-state index contributed by atoms with van der Waals surface area (Å²) in [5, 5.41) is 0. The summed E-state index contributed by atoms with van der Waals surface area (Å²) >= 11 is 0. The number of nitrogens with two attached hydrogens (primary N) is 2. The third-order valence-corrected chi connectivity index (χ3v) is 2.67. The molecule has 0 atom stereocenters. The Balaban J connectivity index is 2.27. The molecule has 0 saturated heterocycles. The molecule has 0 fully saturated rings. The van der Waals surface area contributed by atoms with Gasteiger partial charge in [0.05, 0.1) is 0 Å². The van der Waals surface area contributed by atoms with Gasteiger partial charge >= 0.3 is 0 Å². The van der Waals surface area contributed by atoms with Crippen molar-refractivity contribution in [3.8, 4) is 0 Å². The average molecular weight is 212 g/mol. The molecule has 82 valence electrons. The van der Waals surface area contributed by atoms with Crippen LogP contribution in [0.4, 0.5) is 11.4 Å². The maximum Gasteiger partial charge on any atom is 0.0408 e. The molecule has 2 heteroatoms. The number of benzene rings is 1. The number of hydrogen-bond donors (Lipinski definition) is 2. The van der Waals surface area contributed by atoms with Gasteiger partial charge in [-0.25, -0.2) is 0 Å². The van der Waals surface area contributed by atoms with Crippen molar-refractivity contribution in [3.05, 3.63) is 53.1 Å². The maximum atomic E-state index is 5.90. The van der Waals surface area contributed by atoms with Crippen molar-refractivity contribution in [2.45, 2.75) is 13.3 Å². The molecule has 1 aliphatic carbocycles. The predicted octanol–water partition coefficient (Wildman–Crippen LogP) is 3.14. The Morgan fingerprint density at radius 2 is 2.00 bits per heavy atom. The normalized spacial score (nSPS) is 17.6. The highest BCUT2D eigenvalue weighted by Crippen LogP contribution is 2.22. The first kappa shape index (κ1) is 10.6. The summed E-state index contributed by atoms with van der Waals surface area (Å²) in [7, 11) is 0. The van der Waals surface area contributed by atoms with E-state index in [4.69, 9.17) is 11.5 Å². The van der Waals surface area contributed by atoms with Crippen LogP contribution in [0.15, 0.2) is 47.6 Å². The summed E-state index contributed by atoms with van der Waals surface area (Å²) in [4.78, 5) is 0. The summed E-state index contributed by atoms with van der Waals surface area (Å²) in [5.74, 6) is 0. The number of nitrogen functional groups attached to an aromatic ring is 2. The quantitative estimate of drug-likeness (QED) is 0.703. The van der Waals surface area contributed by atoms with E-state index in [2.05, 4.69) is 31.2 Å². The standard InChI is InChI=1S/C14H16N2/c1-10-2-4-11(5-3-10)8-12-6-7-13(15)9-14(12)16/h2-4,6-9H,5,15-16H2,1H3/b11-8-. The zero-order chi connectivity index (χ0) is 11.5. The molecule has 0 aromatic heterocycles. The molecule has 1 aromatic carbocycles. The van der Waals surface area contributed by atoms with Crippen molar-refractivity contribution in [1.82, 2.24) is 0 Å². The molecule has 0 bridgehead atoms. The van der Waals surface area contributed by atoms with Crippen LogP contribution in [0.1, 0.15) is 18.9 Å². The van der Waals surface area contributed by atoms with Crippen molar-refractivity contribution in [2.24, 2.45) is 0 Å². The van der Waals surface area contributed by atoms with Crippen LogP contribution in [0, 0.1) is 0 Å². The van der Waals surface area contributed by atoms with E-state index in [9.17, 15) is 0 Å². The first-order chi connectivity index (χ1) is 7.65. The molecule has 2 nitrogen and oxygen atoms in total. The lowest BCUT2D eigenvalue weighted by atomic mass is 10.0. The van der Waals surface area contributed by atoms with E-state index < -0.39 is 0 Å². The first-order valence-corrected chi connectivity index (χ1v) is 5.35. The Labute approximate surface area is 96.0 Å². The molecule has 0 unspecified atom stereocenters. The van der Waals surface area contributed by atoms with Crippen molar-refractivity contribution in [2.75, 3.05) is 11.5 Å². The monoisotopic (exact) mass is 212 g/mol. The van der Waals surface area contributed by atoms with Gasteiger partial charge < -0.3 is 11.5 Å². The van der Waals surface area contributed by atoms with Crippen molar-refractivity contribution in [3.63, 3.8) is 0 Å². The van der Waals surface area contributed by atoms with Gasteiger partial charge in [-0.3, -0.25) is 0 Å². The predicted molar refractivity (Wildman–Crippen MR) is 70.8 cm³/mol. The lowest BCUT2D eigenvalue weighted by Gasteiger charge is -2.07. The van der Waals surface area contributed by atoms with E-state index in [1.807, 2.05) is 12.1 Å². The van der Waals surface area contributed by atoms with Gasteiger partial charge in [0, 0.05) is 11.4 Å². The largest absolute Gasteiger partial charge is 0.399 e. The molecule has 1 aliphatic rings. The minimum atomic E-state index is 0.703. The maximum absolute atomic E-state index is 5.90. The molecule has 0 amide bonds. The minimum Gasteiger partial charge on any atom is -0.399 e. The Morgan fingerprint density at radius 1 is 1.19 bits per heavy atom. The second kappa shape index (κ2) is 4.27. The zero-order valence-corrected chi connectivity index (χ0v) is 9.40. The summed E-state index contributed by atoms with van der Waals surface area (Å²) in [5.41, 5.74) is 16.6. The fourth-order valence-electron chi connectivity index (χ4n) is 1.68. The van der Waals surface area contributed by atoms with Crippen molar-refractivity contribution < 1.29 is 0 Å². The molecule has 2 rings (SSSR count). The van der Waals surface area contributed by atoms with E-state index in [1.54, 1.807) is 6.07 Å². The van der Waals surface area contributed by atoms with Crippen LogP contribution < -0.4 is 11.5 Å². The summed E-state index contributed by atoms with van der Waals surface area (Å²) in [6.45, 7) is 2.10. The molecule has 16 heavy (non-hydrogen) atoms. The summed E-state index contributed by atoms with van der Waals surface area (Å²) in [6, 6.07) is 5.62. The van der Waals surface area contributed by atoms with E-state index in [1.165, 1.54) is 11.1 Å². The van der Waals surface area contributed by atoms with Crippen LogP contribution in [0.25, 0.3) is 6.08 Å². The van der Waals surface area contributed by atoms with Gasteiger partial charge in [0.15, 0.2) is 0 Å². The zero-order valence-electron chi connectivity index (χ0n) is 9.40. The van der Waals surface area contributed by atoms with E-state index in [0.717, 1.165) is 17.7 Å². The molecule has 0 saturated carbocycles. The smallest absolute Gasteiger partial charge is 0.0408 e. The lowest BCUT2D eigenvalue weighted by Crippen LogP contribution is -1.93. The molecular formula is C14H16N2.